The van der Waals surface area contributed by atoms with Gasteiger partial charge in [0.05, 0.1) is 6.42 Å². The number of amides is 1. The van der Waals surface area contributed by atoms with Crippen molar-refractivity contribution in [3.8, 4) is 0 Å². The summed E-state index contributed by atoms with van der Waals surface area (Å²) in [7, 11) is -3.42. The van der Waals surface area contributed by atoms with Crippen LogP contribution in [-0.4, -0.2) is 49.7 Å². The maximum atomic E-state index is 12.5. The summed E-state index contributed by atoms with van der Waals surface area (Å²) in [5, 5.41) is 1.76. The number of thiophene rings is 1. The first kappa shape index (κ1) is 18.1. The molecule has 25 heavy (non-hydrogen) atoms. The largest absolute Gasteiger partial charge is 0.340 e. The fourth-order valence-electron chi connectivity index (χ4n) is 2.92. The maximum absolute atomic E-state index is 12.5. The van der Waals surface area contributed by atoms with Gasteiger partial charge in [0.25, 0.3) is 10.0 Å². The van der Waals surface area contributed by atoms with E-state index in [1.54, 1.807) is 22.4 Å². The molecule has 1 aromatic carbocycles. The molecule has 1 amide bonds. The number of hydrogen-bond donors (Lipinski definition) is 0. The first-order valence-electron chi connectivity index (χ1n) is 8.25. The van der Waals surface area contributed by atoms with E-state index in [9.17, 15) is 13.2 Å². The molecule has 5 nitrogen and oxygen atoms in total. The van der Waals surface area contributed by atoms with E-state index >= 15 is 0 Å². The van der Waals surface area contributed by atoms with E-state index in [1.807, 2.05) is 32.0 Å². The third-order valence-electron chi connectivity index (χ3n) is 4.61. The van der Waals surface area contributed by atoms with Crippen LogP contribution in [0.25, 0.3) is 0 Å². The van der Waals surface area contributed by atoms with Crippen molar-refractivity contribution in [2.75, 3.05) is 26.2 Å². The van der Waals surface area contributed by atoms with E-state index in [0.29, 0.717) is 36.8 Å². The Kier molecular flexibility index (Phi) is 5.27. The van der Waals surface area contributed by atoms with Crippen LogP contribution in [0.4, 0.5) is 0 Å². The molecule has 1 aliphatic heterocycles. The van der Waals surface area contributed by atoms with Crippen LogP contribution in [0.3, 0.4) is 0 Å². The smallest absolute Gasteiger partial charge is 0.252 e. The minimum Gasteiger partial charge on any atom is -0.340 e. The monoisotopic (exact) mass is 378 g/mol. The molecular formula is C18H22N2O3S2. The lowest BCUT2D eigenvalue weighted by molar-refractivity contribution is -0.131. The number of hydrogen-bond acceptors (Lipinski definition) is 4. The van der Waals surface area contributed by atoms with Gasteiger partial charge in [0.15, 0.2) is 0 Å². The molecule has 0 spiro atoms. The second kappa shape index (κ2) is 7.27. The van der Waals surface area contributed by atoms with Gasteiger partial charge in [-0.3, -0.25) is 4.79 Å². The predicted molar refractivity (Wildman–Crippen MR) is 99.3 cm³/mol. The summed E-state index contributed by atoms with van der Waals surface area (Å²) < 4.78 is 26.9. The summed E-state index contributed by atoms with van der Waals surface area (Å²) >= 11 is 1.22. The van der Waals surface area contributed by atoms with Crippen molar-refractivity contribution in [3.05, 3.63) is 52.4 Å². The van der Waals surface area contributed by atoms with E-state index in [4.69, 9.17) is 0 Å². The normalized spacial score (nSPS) is 16.2. The number of sulfonamides is 1. The fourth-order valence-corrected chi connectivity index (χ4v) is 5.48. The molecular weight excluding hydrogens is 356 g/mol. The van der Waals surface area contributed by atoms with Crippen molar-refractivity contribution in [3.63, 3.8) is 0 Å². The third-order valence-corrected chi connectivity index (χ3v) is 7.88. The molecule has 7 heteroatoms. The van der Waals surface area contributed by atoms with Gasteiger partial charge in [-0.2, -0.15) is 4.31 Å². The lowest BCUT2D eigenvalue weighted by Gasteiger charge is -2.33. The molecule has 0 atom stereocenters. The van der Waals surface area contributed by atoms with Crippen LogP contribution in [0.1, 0.15) is 16.7 Å². The molecule has 1 saturated heterocycles. The number of carbonyl (C=O) groups excluding carboxylic acids is 1. The number of rotatable bonds is 4. The molecule has 1 aliphatic rings. The van der Waals surface area contributed by atoms with Gasteiger partial charge < -0.3 is 4.90 Å². The van der Waals surface area contributed by atoms with E-state index in [1.165, 1.54) is 26.8 Å². The molecule has 0 aliphatic carbocycles. The zero-order valence-corrected chi connectivity index (χ0v) is 16.1. The Morgan fingerprint density at radius 1 is 1.08 bits per heavy atom. The zero-order chi connectivity index (χ0) is 18.0. The van der Waals surface area contributed by atoms with Crippen molar-refractivity contribution in [2.45, 2.75) is 24.5 Å². The summed E-state index contributed by atoms with van der Waals surface area (Å²) in [6.45, 7) is 5.66. The SMILES string of the molecule is Cc1ccc(CC(=O)N2CCN(S(=O)(=O)c3cccs3)CC2)cc1C. The summed E-state index contributed by atoms with van der Waals surface area (Å²) in [6, 6.07) is 9.42. The molecule has 2 aromatic rings. The van der Waals surface area contributed by atoms with Gasteiger partial charge in [0, 0.05) is 26.2 Å². The number of nitrogens with zero attached hydrogens (tertiary/aromatic N) is 2. The Bertz CT molecular complexity index is 852. The van der Waals surface area contributed by atoms with Crippen LogP contribution < -0.4 is 0 Å². The lowest BCUT2D eigenvalue weighted by atomic mass is 10.0. The van der Waals surface area contributed by atoms with Crippen molar-refractivity contribution >= 4 is 27.3 Å². The maximum Gasteiger partial charge on any atom is 0.252 e. The summed E-state index contributed by atoms with van der Waals surface area (Å²) in [4.78, 5) is 14.3. The van der Waals surface area contributed by atoms with E-state index in [0.717, 1.165) is 5.56 Å². The van der Waals surface area contributed by atoms with Crippen LogP contribution >= 0.6 is 11.3 Å². The molecule has 2 heterocycles. The number of aryl methyl sites for hydroxylation is 2. The molecule has 0 radical (unpaired) electrons. The Morgan fingerprint density at radius 3 is 2.40 bits per heavy atom. The first-order valence-corrected chi connectivity index (χ1v) is 10.6. The third kappa shape index (κ3) is 3.94. The van der Waals surface area contributed by atoms with Crippen LogP contribution in [-0.2, 0) is 21.2 Å². The highest BCUT2D eigenvalue weighted by Gasteiger charge is 2.30. The fraction of sp³-hybridized carbons (Fsp3) is 0.389. The summed E-state index contributed by atoms with van der Waals surface area (Å²) in [6.07, 6.45) is 0.360. The Morgan fingerprint density at radius 2 is 1.80 bits per heavy atom. The number of carbonyl (C=O) groups is 1. The van der Waals surface area contributed by atoms with E-state index in [2.05, 4.69) is 0 Å². The minimum atomic E-state index is -3.42. The van der Waals surface area contributed by atoms with Gasteiger partial charge in [-0.15, -0.1) is 11.3 Å². The molecule has 1 fully saturated rings. The highest BCUT2D eigenvalue weighted by atomic mass is 32.2. The number of benzene rings is 1. The summed E-state index contributed by atoms with van der Waals surface area (Å²) in [5.41, 5.74) is 3.39. The van der Waals surface area contributed by atoms with Gasteiger partial charge in [-0.05, 0) is 42.0 Å². The standard InChI is InChI=1S/C18H22N2O3S2/c1-14-5-6-16(12-15(14)2)13-17(21)19-7-9-20(10-8-19)25(22,23)18-4-3-11-24-18/h3-6,11-12H,7-10,13H2,1-2H3. The number of piperazine rings is 1. The topological polar surface area (TPSA) is 57.7 Å². The second-order valence-electron chi connectivity index (χ2n) is 6.31. The molecule has 0 unspecified atom stereocenters. The Balaban J connectivity index is 1.60. The molecule has 134 valence electrons. The summed E-state index contributed by atoms with van der Waals surface area (Å²) in [5.74, 6) is 0.0522. The van der Waals surface area contributed by atoms with Crippen molar-refractivity contribution in [2.24, 2.45) is 0 Å². The molecule has 0 saturated carbocycles. The van der Waals surface area contributed by atoms with Gasteiger partial charge in [-0.1, -0.05) is 24.3 Å². The van der Waals surface area contributed by atoms with Gasteiger partial charge >= 0.3 is 0 Å². The van der Waals surface area contributed by atoms with Crippen LogP contribution in [0.5, 0.6) is 0 Å². The molecule has 0 bridgehead atoms. The van der Waals surface area contributed by atoms with Crippen molar-refractivity contribution in [1.29, 1.82) is 0 Å². The van der Waals surface area contributed by atoms with Gasteiger partial charge in [0.2, 0.25) is 5.91 Å². The Hall–Kier alpha value is -1.70. The lowest BCUT2D eigenvalue weighted by Crippen LogP contribution is -2.50. The highest BCUT2D eigenvalue weighted by molar-refractivity contribution is 7.91. The molecule has 1 aromatic heterocycles. The molecule has 3 rings (SSSR count). The van der Waals surface area contributed by atoms with Crippen LogP contribution in [0, 0.1) is 13.8 Å². The van der Waals surface area contributed by atoms with Crippen molar-refractivity contribution < 1.29 is 13.2 Å². The van der Waals surface area contributed by atoms with Crippen LogP contribution in [0.15, 0.2) is 39.9 Å². The van der Waals surface area contributed by atoms with E-state index < -0.39 is 10.0 Å². The highest BCUT2D eigenvalue weighted by Crippen LogP contribution is 2.22. The second-order valence-corrected chi connectivity index (χ2v) is 9.42. The average Bonchev–Trinajstić information content (AvgIpc) is 3.14. The zero-order valence-electron chi connectivity index (χ0n) is 14.4. The molecule has 0 N–H and O–H groups in total. The van der Waals surface area contributed by atoms with Crippen LogP contribution in [0.2, 0.25) is 0 Å². The van der Waals surface area contributed by atoms with Crippen molar-refractivity contribution in [1.82, 2.24) is 9.21 Å². The quantitative estimate of drug-likeness (QED) is 0.821. The average molecular weight is 379 g/mol. The van der Waals surface area contributed by atoms with E-state index in [-0.39, 0.29) is 5.91 Å². The minimum absolute atomic E-state index is 0.0522. The Labute approximate surface area is 152 Å². The predicted octanol–water partition coefficient (Wildman–Crippen LogP) is 2.44. The van der Waals surface area contributed by atoms with Gasteiger partial charge in [0.1, 0.15) is 4.21 Å². The first-order chi connectivity index (χ1) is 11.9. The van der Waals surface area contributed by atoms with Gasteiger partial charge in [-0.25, -0.2) is 8.42 Å².